The monoisotopic (exact) mass is 296 g/mol. The summed E-state index contributed by atoms with van der Waals surface area (Å²) in [7, 11) is 3.51. The minimum atomic E-state index is -0.544. The first-order valence-corrected chi connectivity index (χ1v) is 7.83. The Labute approximate surface area is 127 Å². The van der Waals surface area contributed by atoms with Crippen LogP contribution in [0.5, 0.6) is 0 Å². The van der Waals surface area contributed by atoms with Crippen LogP contribution in [0.1, 0.15) is 26.7 Å². The average Bonchev–Trinajstić information content (AvgIpc) is 2.95. The van der Waals surface area contributed by atoms with Gasteiger partial charge in [-0.2, -0.15) is 0 Å². The van der Waals surface area contributed by atoms with Gasteiger partial charge in [-0.25, -0.2) is 0 Å². The molecule has 0 radical (unpaired) electrons. The highest BCUT2D eigenvalue weighted by Gasteiger charge is 2.43. The lowest BCUT2D eigenvalue weighted by Gasteiger charge is -2.42. The Hall–Kier alpha value is -1.14. The van der Waals surface area contributed by atoms with Crippen molar-refractivity contribution in [1.82, 2.24) is 20.0 Å². The number of likely N-dealkylation sites (N-methyl/N-ethyl adjacent to an activating group) is 1. The number of carbonyl (C=O) groups is 2. The normalized spacial score (nSPS) is 24.2. The van der Waals surface area contributed by atoms with Crippen LogP contribution in [0, 0.1) is 0 Å². The van der Waals surface area contributed by atoms with Crippen molar-refractivity contribution in [3.8, 4) is 0 Å². The molecule has 2 rings (SSSR count). The summed E-state index contributed by atoms with van der Waals surface area (Å²) in [5.74, 6) is 0.124. The summed E-state index contributed by atoms with van der Waals surface area (Å²) in [5.41, 5.74) is -0.544. The van der Waals surface area contributed by atoms with Gasteiger partial charge in [-0.15, -0.1) is 0 Å². The van der Waals surface area contributed by atoms with E-state index >= 15 is 0 Å². The third-order valence-corrected chi connectivity index (χ3v) is 4.67. The van der Waals surface area contributed by atoms with E-state index in [1.807, 2.05) is 13.8 Å². The molecule has 2 saturated heterocycles. The predicted octanol–water partition coefficient (Wildman–Crippen LogP) is -0.251. The van der Waals surface area contributed by atoms with Gasteiger partial charge in [-0.05, 0) is 26.7 Å². The summed E-state index contributed by atoms with van der Waals surface area (Å²) in [4.78, 5) is 30.9. The Morgan fingerprint density at radius 3 is 2.33 bits per heavy atom. The van der Waals surface area contributed by atoms with E-state index in [0.29, 0.717) is 6.54 Å². The second-order valence-corrected chi connectivity index (χ2v) is 6.69. The van der Waals surface area contributed by atoms with Crippen LogP contribution in [0.3, 0.4) is 0 Å². The Morgan fingerprint density at radius 2 is 1.76 bits per heavy atom. The van der Waals surface area contributed by atoms with E-state index in [4.69, 9.17) is 0 Å². The third kappa shape index (κ3) is 3.21. The van der Waals surface area contributed by atoms with Crippen molar-refractivity contribution in [2.75, 3.05) is 46.8 Å². The molecule has 0 aliphatic carbocycles. The molecule has 6 heteroatoms. The van der Waals surface area contributed by atoms with Crippen LogP contribution < -0.4 is 5.32 Å². The van der Waals surface area contributed by atoms with Crippen LogP contribution >= 0.6 is 0 Å². The van der Waals surface area contributed by atoms with Crippen molar-refractivity contribution in [2.24, 2.45) is 0 Å². The molecule has 21 heavy (non-hydrogen) atoms. The lowest BCUT2D eigenvalue weighted by atomic mass is 9.98. The highest BCUT2D eigenvalue weighted by Crippen LogP contribution is 2.26. The summed E-state index contributed by atoms with van der Waals surface area (Å²) in [6, 6.07) is -0.283. The molecule has 0 spiro atoms. The quantitative estimate of drug-likeness (QED) is 0.780. The number of likely N-dealkylation sites (tertiary alicyclic amines) is 1. The standard InChI is InChI=1S/C15H28N4O2/c1-15(2,18-10-7-16-8-11-18)14(21)19-9-5-6-12(19)13(20)17(3)4/h12,16H,5-11H2,1-4H3. The number of hydrogen-bond acceptors (Lipinski definition) is 4. The molecular weight excluding hydrogens is 268 g/mol. The number of nitrogens with one attached hydrogen (secondary N) is 1. The zero-order chi connectivity index (χ0) is 15.6. The van der Waals surface area contributed by atoms with Gasteiger partial charge in [0.25, 0.3) is 0 Å². The molecule has 0 saturated carbocycles. The van der Waals surface area contributed by atoms with E-state index in [2.05, 4.69) is 10.2 Å². The molecule has 0 aromatic heterocycles. The van der Waals surface area contributed by atoms with Gasteiger partial charge >= 0.3 is 0 Å². The Balaban J connectivity index is 2.11. The van der Waals surface area contributed by atoms with Crippen LogP contribution in [-0.4, -0.2) is 84.9 Å². The minimum Gasteiger partial charge on any atom is -0.347 e. The van der Waals surface area contributed by atoms with Crippen molar-refractivity contribution in [3.05, 3.63) is 0 Å². The number of rotatable bonds is 3. The Kier molecular flexibility index (Phi) is 4.88. The zero-order valence-corrected chi connectivity index (χ0v) is 13.7. The molecule has 120 valence electrons. The number of hydrogen-bond donors (Lipinski definition) is 1. The van der Waals surface area contributed by atoms with Crippen LogP contribution in [0.15, 0.2) is 0 Å². The van der Waals surface area contributed by atoms with Crippen LogP contribution in [0.4, 0.5) is 0 Å². The molecule has 1 unspecified atom stereocenters. The molecule has 0 aromatic carbocycles. The number of amides is 2. The maximum Gasteiger partial charge on any atom is 0.244 e. The minimum absolute atomic E-state index is 0.0389. The molecule has 2 aliphatic heterocycles. The summed E-state index contributed by atoms with van der Waals surface area (Å²) in [5, 5.41) is 3.31. The van der Waals surface area contributed by atoms with Crippen LogP contribution in [0.25, 0.3) is 0 Å². The van der Waals surface area contributed by atoms with Crippen molar-refractivity contribution in [3.63, 3.8) is 0 Å². The number of piperazine rings is 1. The number of carbonyl (C=O) groups excluding carboxylic acids is 2. The zero-order valence-electron chi connectivity index (χ0n) is 13.7. The Bertz CT molecular complexity index is 402. The molecule has 0 aromatic rings. The molecule has 2 amide bonds. The fourth-order valence-electron chi connectivity index (χ4n) is 3.28. The fourth-order valence-corrected chi connectivity index (χ4v) is 3.28. The van der Waals surface area contributed by atoms with E-state index in [1.54, 1.807) is 23.9 Å². The predicted molar refractivity (Wildman–Crippen MR) is 82.0 cm³/mol. The molecule has 1 N–H and O–H groups in total. The van der Waals surface area contributed by atoms with Crippen molar-refractivity contribution < 1.29 is 9.59 Å². The third-order valence-electron chi connectivity index (χ3n) is 4.67. The van der Waals surface area contributed by atoms with Gasteiger partial charge in [0.2, 0.25) is 11.8 Å². The lowest BCUT2D eigenvalue weighted by molar-refractivity contribution is -0.149. The first kappa shape index (κ1) is 16.2. The first-order valence-electron chi connectivity index (χ1n) is 7.83. The second kappa shape index (κ2) is 6.32. The van der Waals surface area contributed by atoms with Gasteiger partial charge in [-0.1, -0.05) is 0 Å². The van der Waals surface area contributed by atoms with Gasteiger partial charge in [-0.3, -0.25) is 14.5 Å². The highest BCUT2D eigenvalue weighted by atomic mass is 16.2. The average molecular weight is 296 g/mol. The van der Waals surface area contributed by atoms with E-state index in [1.165, 1.54) is 0 Å². The van der Waals surface area contributed by atoms with Gasteiger partial charge in [0.15, 0.2) is 0 Å². The summed E-state index contributed by atoms with van der Waals surface area (Å²) in [6.07, 6.45) is 1.69. The van der Waals surface area contributed by atoms with E-state index in [-0.39, 0.29) is 17.9 Å². The molecule has 2 heterocycles. The molecule has 2 fully saturated rings. The fraction of sp³-hybridized carbons (Fsp3) is 0.867. The number of nitrogens with zero attached hydrogens (tertiary/aromatic N) is 3. The largest absolute Gasteiger partial charge is 0.347 e. The maximum atomic E-state index is 13.0. The van der Waals surface area contributed by atoms with Gasteiger partial charge < -0.3 is 15.1 Å². The Morgan fingerprint density at radius 1 is 1.14 bits per heavy atom. The van der Waals surface area contributed by atoms with Gasteiger partial charge in [0.05, 0.1) is 5.54 Å². The topological polar surface area (TPSA) is 55.9 Å². The highest BCUT2D eigenvalue weighted by molar-refractivity contribution is 5.92. The smallest absolute Gasteiger partial charge is 0.244 e. The molecule has 1 atom stereocenters. The van der Waals surface area contributed by atoms with Gasteiger partial charge in [0.1, 0.15) is 6.04 Å². The summed E-state index contributed by atoms with van der Waals surface area (Å²) < 4.78 is 0. The van der Waals surface area contributed by atoms with Gasteiger partial charge in [0, 0.05) is 46.8 Å². The molecular formula is C15H28N4O2. The molecule has 2 aliphatic rings. The summed E-state index contributed by atoms with van der Waals surface area (Å²) in [6.45, 7) is 8.23. The van der Waals surface area contributed by atoms with Crippen molar-refractivity contribution in [1.29, 1.82) is 0 Å². The lowest BCUT2D eigenvalue weighted by Crippen LogP contribution is -2.62. The van der Waals surface area contributed by atoms with Crippen LogP contribution in [-0.2, 0) is 9.59 Å². The van der Waals surface area contributed by atoms with E-state index in [9.17, 15) is 9.59 Å². The maximum absolute atomic E-state index is 13.0. The summed E-state index contributed by atoms with van der Waals surface area (Å²) >= 11 is 0. The van der Waals surface area contributed by atoms with Crippen molar-refractivity contribution in [2.45, 2.75) is 38.3 Å². The van der Waals surface area contributed by atoms with E-state index in [0.717, 1.165) is 39.0 Å². The second-order valence-electron chi connectivity index (χ2n) is 6.69. The SMILES string of the molecule is CN(C)C(=O)C1CCCN1C(=O)C(C)(C)N1CCNCC1. The van der Waals surface area contributed by atoms with Crippen LogP contribution in [0.2, 0.25) is 0 Å². The molecule has 6 nitrogen and oxygen atoms in total. The molecule has 0 bridgehead atoms. The first-order chi connectivity index (χ1) is 9.85. The van der Waals surface area contributed by atoms with Crippen molar-refractivity contribution >= 4 is 11.8 Å². The van der Waals surface area contributed by atoms with E-state index < -0.39 is 5.54 Å².